The van der Waals surface area contributed by atoms with Crippen molar-refractivity contribution >= 4 is 5.69 Å². The molecule has 1 atom stereocenters. The van der Waals surface area contributed by atoms with E-state index in [0.29, 0.717) is 0 Å². The number of hydrogen-bond donors (Lipinski definition) is 1. The smallest absolute Gasteiger partial charge is 0.0366 e. The van der Waals surface area contributed by atoms with E-state index >= 15 is 0 Å². The van der Waals surface area contributed by atoms with Gasteiger partial charge in [-0.2, -0.15) is 0 Å². The highest BCUT2D eigenvalue weighted by atomic mass is 15.1. The maximum atomic E-state index is 3.47. The van der Waals surface area contributed by atoms with Gasteiger partial charge in [0.25, 0.3) is 0 Å². The molecule has 1 rings (SSSR count). The van der Waals surface area contributed by atoms with Crippen LogP contribution in [0.1, 0.15) is 44.7 Å². The normalized spacial score (nSPS) is 12.5. The molecule has 2 heteroatoms. The van der Waals surface area contributed by atoms with Crippen LogP contribution in [0.2, 0.25) is 0 Å². The zero-order valence-electron chi connectivity index (χ0n) is 13.3. The summed E-state index contributed by atoms with van der Waals surface area (Å²) in [6.07, 6.45) is 2.43. The van der Waals surface area contributed by atoms with Crippen LogP contribution in [0.4, 0.5) is 5.69 Å². The molecule has 0 saturated carbocycles. The molecule has 0 aromatic heterocycles. The summed E-state index contributed by atoms with van der Waals surface area (Å²) in [5.74, 6) is 0.746. The van der Waals surface area contributed by atoms with Gasteiger partial charge in [-0.25, -0.2) is 0 Å². The number of hydrogen-bond acceptors (Lipinski definition) is 2. The van der Waals surface area contributed by atoms with Crippen LogP contribution < -0.4 is 10.2 Å². The van der Waals surface area contributed by atoms with Crippen LogP contribution in [0.15, 0.2) is 18.2 Å². The van der Waals surface area contributed by atoms with E-state index in [1.54, 1.807) is 0 Å². The Labute approximate surface area is 119 Å². The molecule has 108 valence electrons. The van der Waals surface area contributed by atoms with Crippen LogP contribution in [0.5, 0.6) is 0 Å². The molecule has 1 unspecified atom stereocenters. The van der Waals surface area contributed by atoms with Gasteiger partial charge in [0.15, 0.2) is 0 Å². The Kier molecular flexibility index (Phi) is 6.93. The molecule has 0 aliphatic carbocycles. The Bertz CT molecular complexity index is 374. The molecule has 0 aliphatic rings. The molecular weight excluding hydrogens is 232 g/mol. The Morgan fingerprint density at radius 3 is 2.58 bits per heavy atom. The predicted molar refractivity (Wildman–Crippen MR) is 85.9 cm³/mol. The molecule has 1 aromatic carbocycles. The predicted octanol–water partition coefficient (Wildman–Crippen LogP) is 3.98. The topological polar surface area (TPSA) is 15.3 Å². The SMILES string of the molecule is CCCNCc1ccc(N(C)CC(C)CC)cc1C. The lowest BCUT2D eigenvalue weighted by Gasteiger charge is -2.23. The van der Waals surface area contributed by atoms with Gasteiger partial charge in [-0.1, -0.05) is 33.3 Å². The third-order valence-electron chi connectivity index (χ3n) is 3.79. The standard InChI is InChI=1S/C17H30N2/c1-6-10-18-12-16-8-9-17(11-15(16)4)19(5)13-14(3)7-2/h8-9,11,14,18H,6-7,10,12-13H2,1-5H3. The van der Waals surface area contributed by atoms with Crippen LogP contribution in [0.25, 0.3) is 0 Å². The van der Waals surface area contributed by atoms with Crippen LogP contribution >= 0.6 is 0 Å². The number of anilines is 1. The highest BCUT2D eigenvalue weighted by molar-refractivity contribution is 5.50. The maximum Gasteiger partial charge on any atom is 0.0366 e. The average molecular weight is 262 g/mol. The lowest BCUT2D eigenvalue weighted by atomic mass is 10.1. The van der Waals surface area contributed by atoms with E-state index in [-0.39, 0.29) is 0 Å². The van der Waals surface area contributed by atoms with Crippen molar-refractivity contribution in [3.63, 3.8) is 0 Å². The van der Waals surface area contributed by atoms with E-state index < -0.39 is 0 Å². The summed E-state index contributed by atoms with van der Waals surface area (Å²) in [5.41, 5.74) is 4.13. The first-order valence-corrected chi connectivity index (χ1v) is 7.59. The molecular formula is C17H30N2. The first-order chi connectivity index (χ1) is 9.08. The molecule has 0 spiro atoms. The Balaban J connectivity index is 2.64. The molecule has 0 aliphatic heterocycles. The first kappa shape index (κ1) is 16.0. The number of aryl methyl sites for hydroxylation is 1. The third-order valence-corrected chi connectivity index (χ3v) is 3.79. The van der Waals surface area contributed by atoms with Crippen LogP contribution in [-0.4, -0.2) is 20.1 Å². The van der Waals surface area contributed by atoms with Crippen molar-refractivity contribution in [2.45, 2.75) is 47.1 Å². The summed E-state index contributed by atoms with van der Waals surface area (Å²) in [6, 6.07) is 6.82. The van der Waals surface area contributed by atoms with Crippen molar-refractivity contribution in [2.24, 2.45) is 5.92 Å². The van der Waals surface area contributed by atoms with Gasteiger partial charge in [0.1, 0.15) is 0 Å². The van der Waals surface area contributed by atoms with Crippen LogP contribution in [0, 0.1) is 12.8 Å². The van der Waals surface area contributed by atoms with Gasteiger partial charge in [-0.3, -0.25) is 0 Å². The van der Waals surface area contributed by atoms with Gasteiger partial charge < -0.3 is 10.2 Å². The molecule has 2 nitrogen and oxygen atoms in total. The fourth-order valence-electron chi connectivity index (χ4n) is 2.22. The summed E-state index contributed by atoms with van der Waals surface area (Å²) >= 11 is 0. The van der Waals surface area contributed by atoms with E-state index in [1.165, 1.54) is 29.7 Å². The van der Waals surface area contributed by atoms with Crippen LogP contribution in [0.3, 0.4) is 0 Å². The summed E-state index contributed by atoms with van der Waals surface area (Å²) < 4.78 is 0. The van der Waals surface area contributed by atoms with Gasteiger partial charge in [0, 0.05) is 25.8 Å². The molecule has 19 heavy (non-hydrogen) atoms. The van der Waals surface area contributed by atoms with E-state index in [9.17, 15) is 0 Å². The zero-order chi connectivity index (χ0) is 14.3. The molecule has 0 saturated heterocycles. The molecule has 0 heterocycles. The second-order valence-corrected chi connectivity index (χ2v) is 5.68. The van der Waals surface area contributed by atoms with E-state index in [2.05, 4.69) is 63.2 Å². The first-order valence-electron chi connectivity index (χ1n) is 7.59. The lowest BCUT2D eigenvalue weighted by Crippen LogP contribution is -2.23. The Morgan fingerprint density at radius 2 is 2.00 bits per heavy atom. The van der Waals surface area contributed by atoms with Crippen LogP contribution in [-0.2, 0) is 6.54 Å². The molecule has 1 aromatic rings. The average Bonchev–Trinajstić information content (AvgIpc) is 2.40. The second kappa shape index (κ2) is 8.21. The lowest BCUT2D eigenvalue weighted by molar-refractivity contribution is 0.560. The monoisotopic (exact) mass is 262 g/mol. The van der Waals surface area contributed by atoms with Crippen molar-refractivity contribution in [3.8, 4) is 0 Å². The van der Waals surface area contributed by atoms with Crippen molar-refractivity contribution in [1.29, 1.82) is 0 Å². The van der Waals surface area contributed by atoms with Crippen molar-refractivity contribution in [3.05, 3.63) is 29.3 Å². The minimum atomic E-state index is 0.746. The number of nitrogens with zero attached hydrogens (tertiary/aromatic N) is 1. The maximum absolute atomic E-state index is 3.47. The molecule has 1 N–H and O–H groups in total. The third kappa shape index (κ3) is 5.23. The zero-order valence-corrected chi connectivity index (χ0v) is 13.3. The van der Waals surface area contributed by atoms with Gasteiger partial charge in [-0.15, -0.1) is 0 Å². The minimum absolute atomic E-state index is 0.746. The summed E-state index contributed by atoms with van der Waals surface area (Å²) in [7, 11) is 2.19. The quantitative estimate of drug-likeness (QED) is 0.713. The fraction of sp³-hybridized carbons (Fsp3) is 0.647. The summed E-state index contributed by atoms with van der Waals surface area (Å²) in [6.45, 7) is 12.2. The van der Waals surface area contributed by atoms with Crippen molar-refractivity contribution in [1.82, 2.24) is 5.32 Å². The Morgan fingerprint density at radius 1 is 1.26 bits per heavy atom. The Hall–Kier alpha value is -1.02. The van der Waals surface area contributed by atoms with Crippen molar-refractivity contribution in [2.75, 3.05) is 25.0 Å². The highest BCUT2D eigenvalue weighted by Gasteiger charge is 2.07. The molecule has 0 radical (unpaired) electrons. The van der Waals surface area contributed by atoms with Gasteiger partial charge in [0.05, 0.1) is 0 Å². The van der Waals surface area contributed by atoms with E-state index in [0.717, 1.165) is 25.6 Å². The highest BCUT2D eigenvalue weighted by Crippen LogP contribution is 2.19. The minimum Gasteiger partial charge on any atom is -0.374 e. The van der Waals surface area contributed by atoms with Gasteiger partial charge in [0.2, 0.25) is 0 Å². The fourth-order valence-corrected chi connectivity index (χ4v) is 2.22. The summed E-state index contributed by atoms with van der Waals surface area (Å²) in [5, 5.41) is 3.47. The number of benzene rings is 1. The largest absolute Gasteiger partial charge is 0.374 e. The second-order valence-electron chi connectivity index (χ2n) is 5.68. The molecule has 0 bridgehead atoms. The molecule has 0 amide bonds. The van der Waals surface area contributed by atoms with Gasteiger partial charge in [-0.05, 0) is 49.1 Å². The molecule has 0 fully saturated rings. The van der Waals surface area contributed by atoms with Gasteiger partial charge >= 0.3 is 0 Å². The number of nitrogens with one attached hydrogen (secondary N) is 1. The van der Waals surface area contributed by atoms with E-state index in [1.807, 2.05) is 0 Å². The van der Waals surface area contributed by atoms with E-state index in [4.69, 9.17) is 0 Å². The van der Waals surface area contributed by atoms with Crippen molar-refractivity contribution < 1.29 is 0 Å². The summed E-state index contributed by atoms with van der Waals surface area (Å²) in [4.78, 5) is 2.37. The number of rotatable bonds is 8.